The van der Waals surface area contributed by atoms with Crippen LogP contribution in [-0.2, 0) is 16.1 Å². The van der Waals surface area contributed by atoms with E-state index >= 15 is 0 Å². The molecule has 5 nitrogen and oxygen atoms in total. The third kappa shape index (κ3) is 3.57. The van der Waals surface area contributed by atoms with Gasteiger partial charge in [-0.05, 0) is 17.7 Å². The fourth-order valence-electron chi connectivity index (χ4n) is 1.19. The van der Waals surface area contributed by atoms with Crippen LogP contribution in [0.1, 0.15) is 5.56 Å². The molecule has 5 heteroatoms. The number of carboxylic acid groups (broad SMARTS) is 1. The van der Waals surface area contributed by atoms with Crippen LogP contribution in [0.5, 0.6) is 5.75 Å². The molecule has 15 heavy (non-hydrogen) atoms. The molecule has 0 aliphatic rings. The molecule has 1 aromatic carbocycles. The highest BCUT2D eigenvalue weighted by Gasteiger charge is 2.17. The van der Waals surface area contributed by atoms with Gasteiger partial charge in [0.1, 0.15) is 11.8 Å². The van der Waals surface area contributed by atoms with Crippen LogP contribution in [0.25, 0.3) is 0 Å². The molecule has 1 aromatic rings. The summed E-state index contributed by atoms with van der Waals surface area (Å²) in [5.41, 5.74) is 3.19. The van der Waals surface area contributed by atoms with Gasteiger partial charge in [-0.1, -0.05) is 12.1 Å². The zero-order valence-corrected chi connectivity index (χ0v) is 8.30. The summed E-state index contributed by atoms with van der Waals surface area (Å²) in [6, 6.07) is 5.58. The van der Waals surface area contributed by atoms with Crippen LogP contribution in [0, 0.1) is 0 Å². The van der Waals surface area contributed by atoms with Crippen LogP contribution in [-0.4, -0.2) is 29.3 Å². The first-order valence-electron chi connectivity index (χ1n) is 4.42. The number of hydroxylamine groups is 1. The zero-order chi connectivity index (χ0) is 11.3. The van der Waals surface area contributed by atoms with E-state index in [4.69, 9.17) is 10.2 Å². The molecule has 3 N–H and O–H groups in total. The first-order valence-corrected chi connectivity index (χ1v) is 4.42. The van der Waals surface area contributed by atoms with Gasteiger partial charge in [-0.2, -0.15) is 5.48 Å². The van der Waals surface area contributed by atoms with Crippen LogP contribution < -0.4 is 5.48 Å². The van der Waals surface area contributed by atoms with Gasteiger partial charge in [-0.3, -0.25) is 4.79 Å². The number of carbonyl (C=O) groups is 1. The molecule has 0 radical (unpaired) electrons. The monoisotopic (exact) mass is 211 g/mol. The summed E-state index contributed by atoms with van der Waals surface area (Å²) in [6.07, 6.45) is 0.295. The largest absolute Gasteiger partial charge is 0.508 e. The Morgan fingerprint density at radius 1 is 1.47 bits per heavy atom. The number of phenolic OH excluding ortho intramolecular Hbond substituents is 1. The second kappa shape index (κ2) is 5.33. The second-order valence-electron chi connectivity index (χ2n) is 3.08. The lowest BCUT2D eigenvalue weighted by Crippen LogP contribution is -2.37. The fourth-order valence-corrected chi connectivity index (χ4v) is 1.19. The quantitative estimate of drug-likeness (QED) is 0.619. The van der Waals surface area contributed by atoms with Crippen LogP contribution in [0.4, 0.5) is 0 Å². The minimum Gasteiger partial charge on any atom is -0.508 e. The Kier molecular flexibility index (Phi) is 4.08. The van der Waals surface area contributed by atoms with Crippen molar-refractivity contribution >= 4 is 5.97 Å². The van der Waals surface area contributed by atoms with Crippen LogP contribution >= 0.6 is 0 Å². The van der Waals surface area contributed by atoms with Gasteiger partial charge in [0.25, 0.3) is 0 Å². The molecule has 0 saturated heterocycles. The maximum Gasteiger partial charge on any atom is 0.323 e. The Labute approximate surface area is 87.3 Å². The smallest absolute Gasteiger partial charge is 0.323 e. The van der Waals surface area contributed by atoms with Crippen LogP contribution in [0.3, 0.4) is 0 Å². The molecule has 0 aliphatic heterocycles. The first kappa shape index (κ1) is 11.5. The highest BCUT2D eigenvalue weighted by atomic mass is 16.6. The first-order chi connectivity index (χ1) is 7.13. The maximum atomic E-state index is 10.8. The van der Waals surface area contributed by atoms with Gasteiger partial charge in [-0.15, -0.1) is 0 Å². The normalized spacial score (nSPS) is 12.3. The molecule has 1 rings (SSSR count). The van der Waals surface area contributed by atoms with Crippen LogP contribution in [0.2, 0.25) is 0 Å². The Bertz CT molecular complexity index is 323. The van der Waals surface area contributed by atoms with E-state index in [-0.39, 0.29) is 5.75 Å². The molecule has 0 heterocycles. The van der Waals surface area contributed by atoms with E-state index < -0.39 is 12.0 Å². The maximum absolute atomic E-state index is 10.8. The number of hydrogen-bond acceptors (Lipinski definition) is 4. The standard InChI is InChI=1S/C10H13NO4/c1-15-11-9(10(13)14)6-7-2-4-8(12)5-3-7/h2-5,9,11-12H,6H2,1H3,(H,13,14)/t9-/m0/s1. The molecule has 0 fully saturated rings. The van der Waals surface area contributed by atoms with E-state index in [2.05, 4.69) is 10.3 Å². The van der Waals surface area contributed by atoms with Gasteiger partial charge >= 0.3 is 5.97 Å². The molecular formula is C10H13NO4. The average molecular weight is 211 g/mol. The third-order valence-corrected chi connectivity index (χ3v) is 1.93. The summed E-state index contributed by atoms with van der Waals surface area (Å²) < 4.78 is 0. The SMILES string of the molecule is CON[C@@H](Cc1ccc(O)cc1)C(=O)O. The van der Waals surface area contributed by atoms with Crippen molar-refractivity contribution in [2.24, 2.45) is 0 Å². The lowest BCUT2D eigenvalue weighted by molar-refractivity contribution is -0.143. The van der Waals surface area contributed by atoms with Gasteiger partial charge < -0.3 is 15.1 Å². The van der Waals surface area contributed by atoms with Crippen LogP contribution in [0.15, 0.2) is 24.3 Å². The van der Waals surface area contributed by atoms with Gasteiger partial charge in [0.15, 0.2) is 0 Å². The third-order valence-electron chi connectivity index (χ3n) is 1.93. The number of hydrogen-bond donors (Lipinski definition) is 3. The summed E-state index contributed by atoms with van der Waals surface area (Å²) in [4.78, 5) is 15.3. The van der Waals surface area contributed by atoms with Crippen molar-refractivity contribution in [2.45, 2.75) is 12.5 Å². The van der Waals surface area contributed by atoms with Gasteiger partial charge in [-0.25, -0.2) is 0 Å². The van der Waals surface area contributed by atoms with Crippen molar-refractivity contribution in [3.63, 3.8) is 0 Å². The molecule has 0 saturated carbocycles. The van der Waals surface area contributed by atoms with Gasteiger partial charge in [0.05, 0.1) is 7.11 Å². The summed E-state index contributed by atoms with van der Waals surface area (Å²) in [5.74, 6) is -0.824. The minimum atomic E-state index is -0.982. The molecule has 1 atom stereocenters. The summed E-state index contributed by atoms with van der Waals surface area (Å²) in [5, 5.41) is 17.9. The summed E-state index contributed by atoms with van der Waals surface area (Å²) in [6.45, 7) is 0. The number of nitrogens with one attached hydrogen (secondary N) is 1. The van der Waals surface area contributed by atoms with Crippen molar-refractivity contribution in [1.82, 2.24) is 5.48 Å². The molecule has 0 unspecified atom stereocenters. The van der Waals surface area contributed by atoms with Crippen molar-refractivity contribution < 1.29 is 19.8 Å². The number of rotatable bonds is 5. The molecule has 0 amide bonds. The topological polar surface area (TPSA) is 78.8 Å². The summed E-state index contributed by atoms with van der Waals surface area (Å²) in [7, 11) is 1.37. The fraction of sp³-hybridized carbons (Fsp3) is 0.300. The van der Waals surface area contributed by atoms with Gasteiger partial charge in [0, 0.05) is 6.42 Å². The van der Waals surface area contributed by atoms with E-state index in [1.54, 1.807) is 12.1 Å². The van der Waals surface area contributed by atoms with E-state index in [1.165, 1.54) is 19.2 Å². The average Bonchev–Trinajstić information content (AvgIpc) is 2.20. The second-order valence-corrected chi connectivity index (χ2v) is 3.08. The van der Waals surface area contributed by atoms with Crippen molar-refractivity contribution in [1.29, 1.82) is 0 Å². The Hall–Kier alpha value is -1.59. The molecule has 0 bridgehead atoms. The predicted octanol–water partition coefficient (Wildman–Crippen LogP) is 0.539. The lowest BCUT2D eigenvalue weighted by Gasteiger charge is -2.12. The Balaban J connectivity index is 2.65. The predicted molar refractivity (Wildman–Crippen MR) is 53.4 cm³/mol. The molecular weight excluding hydrogens is 198 g/mol. The highest BCUT2D eigenvalue weighted by Crippen LogP contribution is 2.11. The lowest BCUT2D eigenvalue weighted by atomic mass is 10.1. The highest BCUT2D eigenvalue weighted by molar-refractivity contribution is 5.73. The number of phenols is 1. The number of aliphatic carboxylic acids is 1. The minimum absolute atomic E-state index is 0.158. The van der Waals surface area contributed by atoms with Crippen molar-refractivity contribution in [2.75, 3.05) is 7.11 Å². The van der Waals surface area contributed by atoms with E-state index in [0.29, 0.717) is 6.42 Å². The van der Waals surface area contributed by atoms with E-state index in [0.717, 1.165) is 5.56 Å². The Morgan fingerprint density at radius 3 is 2.53 bits per heavy atom. The molecule has 0 aromatic heterocycles. The zero-order valence-electron chi connectivity index (χ0n) is 8.30. The number of aromatic hydroxyl groups is 1. The van der Waals surface area contributed by atoms with Crippen molar-refractivity contribution in [3.8, 4) is 5.75 Å². The molecule has 0 aliphatic carbocycles. The number of carboxylic acids is 1. The van der Waals surface area contributed by atoms with E-state index in [1.807, 2.05) is 0 Å². The van der Waals surface area contributed by atoms with E-state index in [9.17, 15) is 4.79 Å². The van der Waals surface area contributed by atoms with Crippen molar-refractivity contribution in [3.05, 3.63) is 29.8 Å². The molecule has 0 spiro atoms. The molecule has 82 valence electrons. The van der Waals surface area contributed by atoms with Gasteiger partial charge in [0.2, 0.25) is 0 Å². The number of benzene rings is 1. The Morgan fingerprint density at radius 2 is 2.07 bits per heavy atom. The summed E-state index contributed by atoms with van der Waals surface area (Å²) >= 11 is 0.